The molecule has 4 heteroatoms. The second kappa shape index (κ2) is 26.5. The molecule has 0 rings (SSSR count). The van der Waals surface area contributed by atoms with Crippen LogP contribution in [0.3, 0.4) is 0 Å². The summed E-state index contributed by atoms with van der Waals surface area (Å²) in [5.41, 5.74) is -0.352. The van der Waals surface area contributed by atoms with Crippen molar-refractivity contribution in [3.05, 3.63) is 0 Å². The number of carbonyl (C=O) groups is 2. The third-order valence-corrected chi connectivity index (χ3v) is 1.15. The lowest BCUT2D eigenvalue weighted by Crippen LogP contribution is -2.21. The Morgan fingerprint density at radius 2 is 1.20 bits per heavy atom. The average Bonchev–Trinajstić information content (AvgIpc) is 2.44. The number of carbonyl (C=O) groups excluding carboxylic acids is 2. The second-order valence-corrected chi connectivity index (χ2v) is 3.67. The van der Waals surface area contributed by atoms with E-state index in [0.29, 0.717) is 6.61 Å². The minimum absolute atomic E-state index is 0.169. The van der Waals surface area contributed by atoms with Crippen LogP contribution < -0.4 is 0 Å². The Hall–Kier alpha value is -1.06. The summed E-state index contributed by atoms with van der Waals surface area (Å²) in [4.78, 5) is 20.4. The number of hydrogen-bond donors (Lipinski definition) is 0. The molecule has 0 fully saturated rings. The van der Waals surface area contributed by atoms with Gasteiger partial charge in [0.25, 0.3) is 0 Å². The van der Waals surface area contributed by atoms with E-state index in [2.05, 4.69) is 9.47 Å². The van der Waals surface area contributed by atoms with E-state index in [1.807, 2.05) is 62.3 Å². The van der Waals surface area contributed by atoms with Gasteiger partial charge in [-0.05, 0) is 27.7 Å². The summed E-state index contributed by atoms with van der Waals surface area (Å²) in [5.74, 6) is -0.380. The van der Waals surface area contributed by atoms with Crippen LogP contribution in [0.4, 0.5) is 0 Å². The summed E-state index contributed by atoms with van der Waals surface area (Å²) in [7, 11) is 1.40. The second-order valence-electron chi connectivity index (χ2n) is 3.67. The Kier molecular flexibility index (Phi) is 41.6. The normalized spacial score (nSPS) is 7.60. The van der Waals surface area contributed by atoms with Crippen molar-refractivity contribution >= 4 is 11.9 Å². The van der Waals surface area contributed by atoms with Crippen LogP contribution >= 0.6 is 0 Å². The number of esters is 2. The third kappa shape index (κ3) is 43.6. The predicted molar refractivity (Wildman–Crippen MR) is 87.8 cm³/mol. The van der Waals surface area contributed by atoms with Gasteiger partial charge in [0.05, 0.1) is 19.1 Å². The molecule has 0 aliphatic heterocycles. The fourth-order valence-electron chi connectivity index (χ4n) is 0.509. The molecule has 0 aromatic carbocycles. The van der Waals surface area contributed by atoms with E-state index in [1.54, 1.807) is 6.92 Å². The summed E-state index contributed by atoms with van der Waals surface area (Å²) < 4.78 is 8.88. The lowest BCUT2D eigenvalue weighted by atomic mass is 9.98. The molecule has 0 aromatic heterocycles. The molecule has 20 heavy (non-hydrogen) atoms. The monoisotopic (exact) mass is 294 g/mol. The molecule has 0 N–H and O–H groups in total. The van der Waals surface area contributed by atoms with Crippen LogP contribution in [-0.2, 0) is 19.1 Å². The molecule has 0 aliphatic rings. The molecule has 0 aromatic rings. The van der Waals surface area contributed by atoms with Crippen LogP contribution in [0.25, 0.3) is 0 Å². The molecule has 0 unspecified atom stereocenters. The van der Waals surface area contributed by atoms with E-state index in [4.69, 9.17) is 0 Å². The Bertz CT molecular complexity index is 181. The third-order valence-electron chi connectivity index (χ3n) is 1.15. The van der Waals surface area contributed by atoms with Crippen molar-refractivity contribution in [1.82, 2.24) is 0 Å². The van der Waals surface area contributed by atoms with Gasteiger partial charge in [0.15, 0.2) is 0 Å². The van der Waals surface area contributed by atoms with Crippen LogP contribution in [-0.4, -0.2) is 25.7 Å². The lowest BCUT2D eigenvalue weighted by molar-refractivity contribution is -0.149. The number of hydrogen-bond acceptors (Lipinski definition) is 4. The van der Waals surface area contributed by atoms with Gasteiger partial charge in [-0.2, -0.15) is 0 Å². The Morgan fingerprint density at radius 3 is 1.20 bits per heavy atom. The molecule has 0 heterocycles. The SMILES string of the molecule is CC.CC.CC.CCOC(C)=O.COC(=O)C(C)(C)C. The first kappa shape index (κ1) is 31.4. The van der Waals surface area contributed by atoms with Crippen molar-refractivity contribution in [1.29, 1.82) is 0 Å². The fraction of sp³-hybridized carbons (Fsp3) is 0.875. The smallest absolute Gasteiger partial charge is 0.310 e. The zero-order valence-corrected chi connectivity index (χ0v) is 15.8. The van der Waals surface area contributed by atoms with Gasteiger partial charge in [-0.15, -0.1) is 0 Å². The van der Waals surface area contributed by atoms with Crippen molar-refractivity contribution in [2.75, 3.05) is 13.7 Å². The number of ether oxygens (including phenoxy) is 2. The zero-order chi connectivity index (χ0) is 17.8. The summed E-state index contributed by atoms with van der Waals surface area (Å²) in [6, 6.07) is 0. The molecule has 0 aliphatic carbocycles. The largest absolute Gasteiger partial charge is 0.469 e. The highest BCUT2D eigenvalue weighted by Gasteiger charge is 2.21. The van der Waals surface area contributed by atoms with Gasteiger partial charge in [-0.3, -0.25) is 9.59 Å². The topological polar surface area (TPSA) is 52.6 Å². The van der Waals surface area contributed by atoms with Gasteiger partial charge < -0.3 is 9.47 Å². The zero-order valence-electron chi connectivity index (χ0n) is 15.8. The standard InChI is InChI=1S/C6H12O2.C4H8O2.3C2H6/c1-6(2,3)5(7)8-4;1-3-6-4(2)5;3*1-2/h1-4H3;3H2,1-2H3;3*1-2H3. The Morgan fingerprint density at radius 1 is 0.900 bits per heavy atom. The number of rotatable bonds is 1. The van der Waals surface area contributed by atoms with Gasteiger partial charge >= 0.3 is 11.9 Å². The molecule has 0 radical (unpaired) electrons. The molecule has 0 spiro atoms. The Labute approximate surface area is 127 Å². The summed E-state index contributed by atoms with van der Waals surface area (Å²) in [6.07, 6.45) is 0. The van der Waals surface area contributed by atoms with Crippen LogP contribution in [0.1, 0.15) is 76.2 Å². The maximum absolute atomic E-state index is 10.6. The molecular weight excluding hydrogens is 256 g/mol. The molecule has 4 nitrogen and oxygen atoms in total. The van der Waals surface area contributed by atoms with Gasteiger partial charge in [-0.1, -0.05) is 41.5 Å². The lowest BCUT2D eigenvalue weighted by Gasteiger charge is -2.13. The predicted octanol–water partition coefficient (Wildman–Crippen LogP) is 4.85. The van der Waals surface area contributed by atoms with Crippen molar-refractivity contribution in [2.45, 2.75) is 76.2 Å². The fourth-order valence-corrected chi connectivity index (χ4v) is 0.509. The average molecular weight is 294 g/mol. The maximum Gasteiger partial charge on any atom is 0.310 e. The maximum atomic E-state index is 10.6. The van der Waals surface area contributed by atoms with Crippen molar-refractivity contribution < 1.29 is 19.1 Å². The minimum Gasteiger partial charge on any atom is -0.469 e. The van der Waals surface area contributed by atoms with Gasteiger partial charge in [0.1, 0.15) is 0 Å². The number of methoxy groups -OCH3 is 1. The molecule has 126 valence electrons. The van der Waals surface area contributed by atoms with Crippen LogP contribution in [0.5, 0.6) is 0 Å². The van der Waals surface area contributed by atoms with Gasteiger partial charge in [0.2, 0.25) is 0 Å². The molecule has 0 atom stereocenters. The van der Waals surface area contributed by atoms with Crippen LogP contribution in [0.15, 0.2) is 0 Å². The first-order chi connectivity index (χ1) is 9.25. The van der Waals surface area contributed by atoms with Gasteiger partial charge in [-0.25, -0.2) is 0 Å². The minimum atomic E-state index is -0.352. The van der Waals surface area contributed by atoms with E-state index in [1.165, 1.54) is 14.0 Å². The van der Waals surface area contributed by atoms with E-state index >= 15 is 0 Å². The molecular formula is C16H38O4. The van der Waals surface area contributed by atoms with Crippen molar-refractivity contribution in [2.24, 2.45) is 5.41 Å². The first-order valence-corrected chi connectivity index (χ1v) is 7.47. The van der Waals surface area contributed by atoms with Crippen molar-refractivity contribution in [3.8, 4) is 0 Å². The summed E-state index contributed by atoms with van der Waals surface area (Å²) >= 11 is 0. The van der Waals surface area contributed by atoms with E-state index < -0.39 is 0 Å². The van der Waals surface area contributed by atoms with E-state index in [9.17, 15) is 9.59 Å². The van der Waals surface area contributed by atoms with E-state index in [0.717, 1.165) is 0 Å². The molecule has 0 amide bonds. The highest BCUT2D eigenvalue weighted by Crippen LogP contribution is 2.13. The van der Waals surface area contributed by atoms with E-state index in [-0.39, 0.29) is 17.4 Å². The highest BCUT2D eigenvalue weighted by atomic mass is 16.5. The Balaban J connectivity index is -0.0000000554. The summed E-state index contributed by atoms with van der Waals surface area (Å²) in [6.45, 7) is 21.1. The molecule has 0 saturated carbocycles. The highest BCUT2D eigenvalue weighted by molar-refractivity contribution is 5.75. The quantitative estimate of drug-likeness (QED) is 0.648. The molecule has 0 bridgehead atoms. The first-order valence-electron chi connectivity index (χ1n) is 7.47. The van der Waals surface area contributed by atoms with Crippen LogP contribution in [0, 0.1) is 5.41 Å². The van der Waals surface area contributed by atoms with Crippen molar-refractivity contribution in [3.63, 3.8) is 0 Å². The van der Waals surface area contributed by atoms with Gasteiger partial charge in [0, 0.05) is 6.92 Å². The summed E-state index contributed by atoms with van der Waals surface area (Å²) in [5, 5.41) is 0. The molecule has 0 saturated heterocycles. The van der Waals surface area contributed by atoms with Crippen LogP contribution in [0.2, 0.25) is 0 Å².